The first-order valence-electron chi connectivity index (χ1n) is 18.5. The second-order valence-corrected chi connectivity index (χ2v) is 19.2. The molecule has 2 aliphatic heterocycles. The van der Waals surface area contributed by atoms with E-state index in [-0.39, 0.29) is 29.2 Å². The van der Waals surface area contributed by atoms with Crippen LogP contribution in [-0.4, -0.2) is 104 Å². The number of hydrogen-bond donors (Lipinski definition) is 9. The van der Waals surface area contributed by atoms with E-state index < -0.39 is 65.7 Å². The maximum Gasteiger partial charge on any atom is 0.490 e. The van der Waals surface area contributed by atoms with Gasteiger partial charge in [0, 0.05) is 66.7 Å². The highest BCUT2D eigenvalue weighted by atomic mass is 32.1. The number of carbonyl (C=O) groups is 1. The first-order valence-corrected chi connectivity index (χ1v) is 23.4. The standard InChI is InChI=1S/C37H39N6O17P3S/c1-41(2)22-8-11-25-29(15-22)57-30-16-23(42(3)4)9-12-26(30)33(25)27-14-21(7-10-24(27)35(46)47)39-36(64)38-13-5-6-20-18-43(37(48)40-34(20)45)32-17-28(44)31(58-32)19-56-62(52,53)60-63(54,55)59-61(49,50)51/h7-12,14-16,18,28,31-32,44H,13,17,19H2,1-4H3,(H7-,38,39,40,45,46,47,48,49,50,51,52,53,54,55,64)/p+1/t28-,31+,32+/m0/s1. The van der Waals surface area contributed by atoms with Crippen LogP contribution in [0.5, 0.6) is 0 Å². The molecule has 1 saturated heterocycles. The van der Waals surface area contributed by atoms with Crippen molar-refractivity contribution in [2.75, 3.05) is 51.6 Å². The highest BCUT2D eigenvalue weighted by Gasteiger charge is 2.43. The number of nitrogens with zero attached hydrogens (tertiary/aromatic N) is 3. The van der Waals surface area contributed by atoms with Crippen LogP contribution in [0.25, 0.3) is 33.4 Å². The number of aliphatic hydroxyl groups excluding tert-OH is 1. The Morgan fingerprint density at radius 1 is 1.02 bits per heavy atom. The number of carboxylic acids is 1. The number of H-pyrrole nitrogens is 1. The van der Waals surface area contributed by atoms with Gasteiger partial charge in [0.25, 0.3) is 5.56 Å². The molecule has 1 aromatic heterocycles. The van der Waals surface area contributed by atoms with Crippen LogP contribution in [-0.2, 0) is 31.6 Å². The maximum atomic E-state index is 12.7. The number of carboxylic acid groups (broad SMARTS) is 1. The summed E-state index contributed by atoms with van der Waals surface area (Å²) in [7, 11) is -9.37. The molecule has 3 heterocycles. The summed E-state index contributed by atoms with van der Waals surface area (Å²) < 4.78 is 61.1. The zero-order valence-corrected chi connectivity index (χ0v) is 37.4. The van der Waals surface area contributed by atoms with Crippen molar-refractivity contribution in [2.24, 2.45) is 0 Å². The van der Waals surface area contributed by atoms with Gasteiger partial charge < -0.3 is 54.5 Å². The molecule has 1 aliphatic carbocycles. The van der Waals surface area contributed by atoms with Crippen molar-refractivity contribution in [3.8, 4) is 34.3 Å². The fourth-order valence-corrected chi connectivity index (χ4v) is 9.68. The number of benzene rings is 3. The molecule has 27 heteroatoms. The Balaban J connectivity index is 1.17. The average Bonchev–Trinajstić information content (AvgIpc) is 3.55. The van der Waals surface area contributed by atoms with E-state index in [1.807, 2.05) is 74.1 Å². The van der Waals surface area contributed by atoms with E-state index in [1.165, 1.54) is 6.07 Å². The number of thiocarbonyl (C=S) groups is 1. The van der Waals surface area contributed by atoms with Gasteiger partial charge in [-0.2, -0.15) is 8.62 Å². The van der Waals surface area contributed by atoms with Crippen LogP contribution in [0.2, 0.25) is 0 Å². The molecule has 3 aliphatic rings. The number of nitrogens with one attached hydrogen (secondary N) is 3. The SMILES string of the molecule is CN(C)c1ccc2c(-c3cc(NC(=S)NCC#Cc4cn([C@H]5C[C@H](O)[C@@H](COP(=O)(O)OP(=O)(O)OP(=O)(O)O)O5)c(=O)[nH]c4=O)ccc3C(=O)O)c3ccc(=[N+](C)C)cc-3oc2c1. The number of fused-ring (bicyclic) bond motifs is 2. The van der Waals surface area contributed by atoms with Crippen molar-refractivity contribution in [1.82, 2.24) is 19.4 Å². The maximum absolute atomic E-state index is 12.7. The molecule has 0 amide bonds. The number of aliphatic hydroxyl groups is 1. The first-order chi connectivity index (χ1) is 29.9. The van der Waals surface area contributed by atoms with Gasteiger partial charge in [0.05, 0.1) is 30.9 Å². The van der Waals surface area contributed by atoms with E-state index in [2.05, 4.69) is 40.6 Å². The Bertz CT molecular complexity index is 3040. The average molecular weight is 966 g/mol. The molecule has 0 spiro atoms. The normalized spacial score (nSPS) is 18.1. The van der Waals surface area contributed by atoms with Crippen LogP contribution in [0.1, 0.15) is 28.6 Å². The van der Waals surface area contributed by atoms with Crippen LogP contribution < -0.4 is 36.7 Å². The van der Waals surface area contributed by atoms with Crippen molar-refractivity contribution < 1.29 is 70.6 Å². The lowest BCUT2D eigenvalue weighted by molar-refractivity contribution is -0.0450. The smallest absolute Gasteiger partial charge is 0.478 e. The lowest BCUT2D eigenvalue weighted by Gasteiger charge is -2.19. The Labute approximate surface area is 366 Å². The molecular formula is C37H40N6O17P3S+. The molecular weight excluding hydrogens is 925 g/mol. The Hall–Kier alpha value is -5.34. The van der Waals surface area contributed by atoms with E-state index in [4.69, 9.17) is 31.2 Å². The molecule has 1 fully saturated rings. The summed E-state index contributed by atoms with van der Waals surface area (Å²) in [5.41, 5.74) is 1.51. The van der Waals surface area contributed by atoms with Gasteiger partial charge in [-0.25, -0.2) is 27.9 Å². The predicted molar refractivity (Wildman–Crippen MR) is 233 cm³/mol. The number of phosphoric ester groups is 1. The summed E-state index contributed by atoms with van der Waals surface area (Å²) in [6, 6.07) is 16.0. The van der Waals surface area contributed by atoms with Crippen molar-refractivity contribution in [1.29, 1.82) is 0 Å². The number of ether oxygens (including phenoxy) is 1. The molecule has 9 N–H and O–H groups in total. The van der Waals surface area contributed by atoms with E-state index >= 15 is 0 Å². The molecule has 23 nitrogen and oxygen atoms in total. The minimum atomic E-state index is -5.80. The Kier molecular flexibility index (Phi) is 14.3. The first kappa shape index (κ1) is 48.1. The van der Waals surface area contributed by atoms with Gasteiger partial charge in [-0.1, -0.05) is 11.8 Å². The number of phosphoric acid groups is 3. The highest BCUT2D eigenvalue weighted by Crippen LogP contribution is 2.66. The monoisotopic (exact) mass is 965 g/mol. The molecule has 3 aromatic rings. The van der Waals surface area contributed by atoms with Crippen molar-refractivity contribution in [3.05, 3.63) is 98.1 Å². The molecule has 0 radical (unpaired) electrons. The second kappa shape index (κ2) is 19.0. The zero-order valence-electron chi connectivity index (χ0n) is 33.9. The van der Waals surface area contributed by atoms with Gasteiger partial charge in [-0.3, -0.25) is 18.9 Å². The summed E-state index contributed by atoms with van der Waals surface area (Å²) in [6.45, 7) is -1.10. The molecule has 0 bridgehead atoms. The number of aromatic nitrogens is 2. The van der Waals surface area contributed by atoms with Gasteiger partial charge in [0.1, 0.15) is 43.3 Å². The third kappa shape index (κ3) is 11.7. The highest BCUT2D eigenvalue weighted by molar-refractivity contribution is 7.80. The topological polar surface area (TPSA) is 325 Å². The van der Waals surface area contributed by atoms with Gasteiger partial charge in [0.2, 0.25) is 5.36 Å². The molecule has 5 atom stereocenters. The van der Waals surface area contributed by atoms with Gasteiger partial charge in [-0.05, 0) is 54.2 Å². The number of rotatable bonds is 13. The van der Waals surface area contributed by atoms with Crippen LogP contribution >= 0.6 is 35.7 Å². The minimum absolute atomic E-state index is 0.0280. The van der Waals surface area contributed by atoms with E-state index in [0.717, 1.165) is 21.8 Å². The van der Waals surface area contributed by atoms with Crippen molar-refractivity contribution in [2.45, 2.75) is 24.9 Å². The number of anilines is 2. The molecule has 2 unspecified atom stereocenters. The Morgan fingerprint density at radius 2 is 1.75 bits per heavy atom. The van der Waals surface area contributed by atoms with Crippen molar-refractivity contribution in [3.63, 3.8) is 0 Å². The lowest BCUT2D eigenvalue weighted by atomic mass is 9.90. The summed E-state index contributed by atoms with van der Waals surface area (Å²) in [4.78, 5) is 78.4. The summed E-state index contributed by atoms with van der Waals surface area (Å²) in [5.74, 6) is 4.69. The lowest BCUT2D eigenvalue weighted by Crippen LogP contribution is -2.34. The third-order valence-electron chi connectivity index (χ3n) is 9.36. The summed E-state index contributed by atoms with van der Waals surface area (Å²) in [6.07, 6.45) is -3.47. The molecule has 6 rings (SSSR count). The van der Waals surface area contributed by atoms with Crippen LogP contribution in [0.15, 0.2) is 74.8 Å². The van der Waals surface area contributed by atoms with Crippen LogP contribution in [0, 0.1) is 11.8 Å². The Morgan fingerprint density at radius 3 is 2.42 bits per heavy atom. The number of aromatic carboxylic acids is 1. The third-order valence-corrected chi connectivity index (χ3v) is 13.4. The largest absolute Gasteiger partial charge is 0.490 e. The molecule has 64 heavy (non-hydrogen) atoms. The minimum Gasteiger partial charge on any atom is -0.478 e. The van der Waals surface area contributed by atoms with E-state index in [1.54, 1.807) is 12.1 Å². The molecule has 0 saturated carbocycles. The number of aromatic amines is 1. The number of hydrogen-bond acceptors (Lipinski definition) is 14. The summed E-state index contributed by atoms with van der Waals surface area (Å²) >= 11 is 5.49. The zero-order chi connectivity index (χ0) is 46.9. The van der Waals surface area contributed by atoms with Gasteiger partial charge in [-0.15, -0.1) is 0 Å². The van der Waals surface area contributed by atoms with Crippen molar-refractivity contribution >= 4 is 69.1 Å². The summed E-state index contributed by atoms with van der Waals surface area (Å²) in [5, 5.41) is 28.3. The predicted octanol–water partition coefficient (Wildman–Crippen LogP) is 2.18. The van der Waals surface area contributed by atoms with Gasteiger partial charge in [0.15, 0.2) is 5.11 Å². The van der Waals surface area contributed by atoms with Crippen LogP contribution in [0.4, 0.5) is 11.4 Å². The molecule has 340 valence electrons. The van der Waals surface area contributed by atoms with Gasteiger partial charge >= 0.3 is 35.1 Å². The van der Waals surface area contributed by atoms with Crippen LogP contribution in [0.3, 0.4) is 0 Å². The van der Waals surface area contributed by atoms with E-state index in [9.17, 15) is 48.1 Å². The second-order valence-electron chi connectivity index (χ2n) is 14.3. The molecule has 2 aromatic carbocycles. The fourth-order valence-electron chi connectivity index (χ4n) is 6.46. The quantitative estimate of drug-likeness (QED) is 0.0268. The fraction of sp³-hybridized carbons (Fsp3) is 0.270. The van der Waals surface area contributed by atoms with E-state index in [0.29, 0.717) is 39.1 Å².